The molecule has 5 nitrogen and oxygen atoms in total. The molecule has 0 spiro atoms. The van der Waals surface area contributed by atoms with Gasteiger partial charge in [-0.3, -0.25) is 0 Å². The first-order valence-corrected chi connectivity index (χ1v) is 6.94. The standard InChI is InChI=1S/C10H16F3N5S/c1-6(3-4-19-2)15-7-5-8(18-14)17-9(16-7)10(11,12)13/h5-6H,3-4,14H2,1-2H3,(H2,15,16,17,18). The van der Waals surface area contributed by atoms with E-state index in [2.05, 4.69) is 20.7 Å². The minimum atomic E-state index is -4.61. The van der Waals surface area contributed by atoms with Gasteiger partial charge in [-0.2, -0.15) is 24.9 Å². The van der Waals surface area contributed by atoms with Crippen molar-refractivity contribution < 1.29 is 13.2 Å². The van der Waals surface area contributed by atoms with Crippen LogP contribution in [0.15, 0.2) is 6.07 Å². The van der Waals surface area contributed by atoms with Crippen LogP contribution in [-0.2, 0) is 6.18 Å². The Morgan fingerprint density at radius 2 is 2.00 bits per heavy atom. The Morgan fingerprint density at radius 1 is 1.37 bits per heavy atom. The molecule has 0 saturated carbocycles. The first-order chi connectivity index (χ1) is 8.86. The summed E-state index contributed by atoms with van der Waals surface area (Å²) < 4.78 is 37.8. The van der Waals surface area contributed by atoms with E-state index in [1.165, 1.54) is 6.07 Å². The van der Waals surface area contributed by atoms with Gasteiger partial charge in [0.25, 0.3) is 0 Å². The molecule has 0 aliphatic rings. The predicted molar refractivity (Wildman–Crippen MR) is 70.9 cm³/mol. The molecule has 0 saturated heterocycles. The Kier molecular flexibility index (Phi) is 5.67. The number of nitrogens with two attached hydrogens (primary N) is 1. The van der Waals surface area contributed by atoms with E-state index in [9.17, 15) is 13.2 Å². The summed E-state index contributed by atoms with van der Waals surface area (Å²) in [7, 11) is 0. The normalized spacial score (nSPS) is 13.2. The van der Waals surface area contributed by atoms with Gasteiger partial charge in [0.05, 0.1) is 0 Å². The highest BCUT2D eigenvalue weighted by atomic mass is 32.2. The number of hydrogen-bond acceptors (Lipinski definition) is 6. The third-order valence-electron chi connectivity index (χ3n) is 2.28. The molecule has 1 aromatic rings. The lowest BCUT2D eigenvalue weighted by molar-refractivity contribution is -0.144. The molecule has 108 valence electrons. The van der Waals surface area contributed by atoms with Crippen molar-refractivity contribution in [3.05, 3.63) is 11.9 Å². The van der Waals surface area contributed by atoms with Gasteiger partial charge in [0.2, 0.25) is 5.82 Å². The number of nitrogens with zero attached hydrogens (tertiary/aromatic N) is 2. The molecule has 0 aliphatic carbocycles. The molecule has 0 fully saturated rings. The molecular weight excluding hydrogens is 279 g/mol. The fraction of sp³-hybridized carbons (Fsp3) is 0.600. The Hall–Kier alpha value is -1.22. The average molecular weight is 295 g/mol. The highest BCUT2D eigenvalue weighted by molar-refractivity contribution is 7.98. The first kappa shape index (κ1) is 15.8. The first-order valence-electron chi connectivity index (χ1n) is 5.55. The highest BCUT2D eigenvalue weighted by Crippen LogP contribution is 2.28. The third-order valence-corrected chi connectivity index (χ3v) is 2.92. The molecule has 9 heteroatoms. The molecular formula is C10H16F3N5S. The van der Waals surface area contributed by atoms with Crippen molar-refractivity contribution in [2.24, 2.45) is 5.84 Å². The Labute approximate surface area is 113 Å². The van der Waals surface area contributed by atoms with E-state index >= 15 is 0 Å². The van der Waals surface area contributed by atoms with Crippen LogP contribution in [0.1, 0.15) is 19.2 Å². The van der Waals surface area contributed by atoms with Crippen LogP contribution >= 0.6 is 11.8 Å². The van der Waals surface area contributed by atoms with Crippen LogP contribution in [0.2, 0.25) is 0 Å². The summed E-state index contributed by atoms with van der Waals surface area (Å²) in [5.74, 6) is 4.81. The number of rotatable bonds is 6. The van der Waals surface area contributed by atoms with Gasteiger partial charge in [0.1, 0.15) is 11.6 Å². The molecule has 1 aromatic heterocycles. The van der Waals surface area contributed by atoms with Gasteiger partial charge in [0.15, 0.2) is 0 Å². The molecule has 19 heavy (non-hydrogen) atoms. The lowest BCUT2D eigenvalue weighted by atomic mass is 10.2. The smallest absolute Gasteiger partial charge is 0.367 e. The second kappa shape index (κ2) is 6.80. The van der Waals surface area contributed by atoms with Gasteiger partial charge in [-0.15, -0.1) is 0 Å². The lowest BCUT2D eigenvalue weighted by Crippen LogP contribution is -2.21. The number of thioether (sulfide) groups is 1. The van der Waals surface area contributed by atoms with Crippen molar-refractivity contribution in [2.45, 2.75) is 25.6 Å². The number of anilines is 2. The van der Waals surface area contributed by atoms with Crippen LogP contribution in [0.3, 0.4) is 0 Å². The molecule has 0 aliphatic heterocycles. The predicted octanol–water partition coefficient (Wildman–Crippen LogP) is 2.33. The average Bonchev–Trinajstić information content (AvgIpc) is 2.34. The zero-order valence-electron chi connectivity index (χ0n) is 10.6. The Morgan fingerprint density at radius 3 is 2.53 bits per heavy atom. The molecule has 1 heterocycles. The topological polar surface area (TPSA) is 75.9 Å². The van der Waals surface area contributed by atoms with Crippen LogP contribution in [0.4, 0.5) is 24.8 Å². The summed E-state index contributed by atoms with van der Waals surface area (Å²) >= 11 is 1.67. The number of halogens is 3. The summed E-state index contributed by atoms with van der Waals surface area (Å²) in [6, 6.07) is 1.35. The maximum absolute atomic E-state index is 12.6. The summed E-state index contributed by atoms with van der Waals surface area (Å²) in [5.41, 5.74) is 2.10. The molecule has 1 unspecified atom stereocenters. The fourth-order valence-corrected chi connectivity index (χ4v) is 1.93. The zero-order chi connectivity index (χ0) is 14.5. The largest absolute Gasteiger partial charge is 0.451 e. The Bertz CT molecular complexity index is 413. The zero-order valence-corrected chi connectivity index (χ0v) is 11.4. The number of nitrogen functional groups attached to an aromatic ring is 1. The SMILES string of the molecule is CSCCC(C)Nc1cc(NN)nc(C(F)(F)F)n1. The van der Waals surface area contributed by atoms with Crippen molar-refractivity contribution in [1.82, 2.24) is 9.97 Å². The van der Waals surface area contributed by atoms with Gasteiger partial charge in [-0.25, -0.2) is 15.8 Å². The van der Waals surface area contributed by atoms with Crippen molar-refractivity contribution in [2.75, 3.05) is 22.8 Å². The molecule has 0 amide bonds. The molecule has 1 rings (SSSR count). The number of hydrazine groups is 1. The lowest BCUT2D eigenvalue weighted by Gasteiger charge is -2.16. The number of nitrogens with one attached hydrogen (secondary N) is 2. The van der Waals surface area contributed by atoms with Crippen molar-refractivity contribution >= 4 is 23.4 Å². The molecule has 0 aromatic carbocycles. The van der Waals surface area contributed by atoms with Gasteiger partial charge >= 0.3 is 6.18 Å². The molecule has 4 N–H and O–H groups in total. The van der Waals surface area contributed by atoms with Crippen molar-refractivity contribution in [3.63, 3.8) is 0 Å². The van der Waals surface area contributed by atoms with E-state index in [1.807, 2.05) is 13.2 Å². The summed E-state index contributed by atoms with van der Waals surface area (Å²) in [4.78, 5) is 6.73. The van der Waals surface area contributed by atoms with Crippen LogP contribution in [0.5, 0.6) is 0 Å². The van der Waals surface area contributed by atoms with Crippen molar-refractivity contribution in [3.8, 4) is 0 Å². The van der Waals surface area contributed by atoms with E-state index in [1.54, 1.807) is 11.8 Å². The van der Waals surface area contributed by atoms with Crippen LogP contribution in [0, 0.1) is 0 Å². The van der Waals surface area contributed by atoms with E-state index in [4.69, 9.17) is 5.84 Å². The number of alkyl halides is 3. The second-order valence-corrected chi connectivity index (χ2v) is 4.92. The molecule has 0 radical (unpaired) electrons. The third kappa shape index (κ3) is 5.11. The maximum Gasteiger partial charge on any atom is 0.451 e. The summed E-state index contributed by atoms with van der Waals surface area (Å²) in [6.45, 7) is 1.88. The molecule has 0 bridgehead atoms. The van der Waals surface area contributed by atoms with Crippen LogP contribution in [-0.4, -0.2) is 28.0 Å². The van der Waals surface area contributed by atoms with Crippen LogP contribution < -0.4 is 16.6 Å². The number of aromatic nitrogens is 2. The van der Waals surface area contributed by atoms with E-state index in [-0.39, 0.29) is 17.7 Å². The maximum atomic E-state index is 12.6. The number of hydrogen-bond donors (Lipinski definition) is 3. The van der Waals surface area contributed by atoms with Gasteiger partial charge in [-0.1, -0.05) is 0 Å². The Balaban J connectivity index is 2.88. The molecule has 1 atom stereocenters. The fourth-order valence-electron chi connectivity index (χ4n) is 1.34. The highest BCUT2D eigenvalue weighted by Gasteiger charge is 2.35. The minimum Gasteiger partial charge on any atom is -0.367 e. The van der Waals surface area contributed by atoms with E-state index < -0.39 is 12.0 Å². The summed E-state index contributed by atoms with van der Waals surface area (Å²) in [5, 5.41) is 2.90. The monoisotopic (exact) mass is 295 g/mol. The van der Waals surface area contributed by atoms with Crippen LogP contribution in [0.25, 0.3) is 0 Å². The minimum absolute atomic E-state index is 0.00839. The van der Waals surface area contributed by atoms with E-state index in [0.717, 1.165) is 12.2 Å². The van der Waals surface area contributed by atoms with E-state index in [0.29, 0.717) is 0 Å². The van der Waals surface area contributed by atoms with Gasteiger partial charge < -0.3 is 10.7 Å². The quantitative estimate of drug-likeness (QED) is 0.552. The van der Waals surface area contributed by atoms with Crippen molar-refractivity contribution in [1.29, 1.82) is 0 Å². The summed E-state index contributed by atoms with van der Waals surface area (Å²) in [6.07, 6.45) is -1.82. The van der Waals surface area contributed by atoms with Gasteiger partial charge in [0, 0.05) is 12.1 Å². The second-order valence-electron chi connectivity index (χ2n) is 3.93. The van der Waals surface area contributed by atoms with Gasteiger partial charge in [-0.05, 0) is 25.4 Å².